The summed E-state index contributed by atoms with van der Waals surface area (Å²) in [5.41, 5.74) is 3.80. The van der Waals surface area contributed by atoms with Crippen LogP contribution in [0.3, 0.4) is 0 Å². The van der Waals surface area contributed by atoms with E-state index < -0.39 is 0 Å². The van der Waals surface area contributed by atoms with E-state index in [1.165, 1.54) is 6.08 Å². The van der Waals surface area contributed by atoms with Crippen molar-refractivity contribution in [3.8, 4) is 11.3 Å². The van der Waals surface area contributed by atoms with Gasteiger partial charge >= 0.3 is 0 Å². The summed E-state index contributed by atoms with van der Waals surface area (Å²) in [5, 5.41) is 11.0. The van der Waals surface area contributed by atoms with Gasteiger partial charge in [-0.15, -0.1) is 0 Å². The number of nitrogens with one attached hydrogen (secondary N) is 4. The molecule has 1 aliphatic rings. The van der Waals surface area contributed by atoms with Gasteiger partial charge in [-0.2, -0.15) is 0 Å². The van der Waals surface area contributed by atoms with Crippen molar-refractivity contribution in [2.45, 2.75) is 37.8 Å². The van der Waals surface area contributed by atoms with Crippen molar-refractivity contribution in [1.82, 2.24) is 25.2 Å². The highest BCUT2D eigenvalue weighted by atomic mass is 35.5. The van der Waals surface area contributed by atoms with E-state index >= 15 is 0 Å². The number of rotatable bonds is 9. The highest BCUT2D eigenvalue weighted by Crippen LogP contribution is 2.32. The van der Waals surface area contributed by atoms with Gasteiger partial charge < -0.3 is 25.8 Å². The fraction of sp³-hybridized carbons (Fsp3) is 0.290. The van der Waals surface area contributed by atoms with E-state index in [1.807, 2.05) is 49.5 Å². The van der Waals surface area contributed by atoms with Crippen LogP contribution in [0.5, 0.6) is 0 Å². The maximum Gasteiger partial charge on any atom is 0.251 e. The van der Waals surface area contributed by atoms with Gasteiger partial charge in [0.15, 0.2) is 0 Å². The molecule has 2 aromatic heterocycles. The molecule has 2 amide bonds. The Kier molecular flexibility index (Phi) is 8.96. The molecule has 1 fully saturated rings. The number of benzene rings is 2. The number of carbonyl (C=O) groups is 2. The van der Waals surface area contributed by atoms with E-state index in [4.69, 9.17) is 16.6 Å². The summed E-state index contributed by atoms with van der Waals surface area (Å²) >= 11 is 6.50. The molecule has 5 rings (SSSR count). The van der Waals surface area contributed by atoms with Gasteiger partial charge in [-0.3, -0.25) is 9.59 Å². The van der Waals surface area contributed by atoms with Crippen LogP contribution in [0.1, 0.15) is 36.0 Å². The molecule has 4 N–H and O–H groups in total. The zero-order valence-electron chi connectivity index (χ0n) is 23.2. The van der Waals surface area contributed by atoms with Gasteiger partial charge in [0.25, 0.3) is 5.91 Å². The third kappa shape index (κ3) is 7.31. The van der Waals surface area contributed by atoms with Gasteiger partial charge in [0, 0.05) is 58.6 Å². The van der Waals surface area contributed by atoms with E-state index in [0.29, 0.717) is 34.5 Å². The Hall–Kier alpha value is -4.21. The summed E-state index contributed by atoms with van der Waals surface area (Å²) in [7, 11) is 3.87. The van der Waals surface area contributed by atoms with Crippen molar-refractivity contribution in [1.29, 1.82) is 0 Å². The number of H-pyrrole nitrogens is 1. The van der Waals surface area contributed by atoms with Crippen LogP contribution in [-0.2, 0) is 4.79 Å². The molecule has 2 atom stereocenters. The lowest BCUT2D eigenvalue weighted by molar-refractivity contribution is -0.111. The quantitative estimate of drug-likeness (QED) is 0.198. The first-order valence-electron chi connectivity index (χ1n) is 13.7. The Bertz CT molecular complexity index is 1550. The van der Waals surface area contributed by atoms with Gasteiger partial charge in [-0.25, -0.2) is 9.97 Å². The first-order valence-corrected chi connectivity index (χ1v) is 14.1. The Labute approximate surface area is 244 Å². The minimum Gasteiger partial charge on any atom is -0.360 e. The molecule has 2 heterocycles. The second kappa shape index (κ2) is 13.0. The van der Waals surface area contributed by atoms with Crippen LogP contribution in [0.25, 0.3) is 22.2 Å². The van der Waals surface area contributed by atoms with E-state index in [-0.39, 0.29) is 23.9 Å². The smallest absolute Gasteiger partial charge is 0.251 e. The zero-order valence-corrected chi connectivity index (χ0v) is 23.9. The number of hydrogen-bond donors (Lipinski definition) is 4. The van der Waals surface area contributed by atoms with Crippen LogP contribution in [0, 0.1) is 0 Å². The highest BCUT2D eigenvalue weighted by molar-refractivity contribution is 6.33. The third-order valence-corrected chi connectivity index (χ3v) is 7.36. The Balaban J connectivity index is 1.17. The minimum absolute atomic E-state index is 0.0235. The van der Waals surface area contributed by atoms with Crippen molar-refractivity contribution >= 4 is 46.0 Å². The first kappa shape index (κ1) is 28.3. The zero-order chi connectivity index (χ0) is 28.8. The van der Waals surface area contributed by atoms with E-state index in [2.05, 4.69) is 25.9 Å². The standard InChI is InChI=1S/C31H34ClN7O2/c1-39(2)16-6-11-28(40)35-21-14-12-20(13-15-21)30(41)36-22-7-5-8-23(17-22)37-31-34-19-26(32)29(38-31)25-18-33-27-10-4-3-9-24(25)27/h3-4,6,9-15,18-19,22-23,33H,5,7-8,16-17H2,1-2H3,(H,35,40)(H,36,41)(H,34,37,38)/b11-6+/t22-,23-/m0/s1. The Morgan fingerprint density at radius 3 is 2.68 bits per heavy atom. The largest absolute Gasteiger partial charge is 0.360 e. The van der Waals surface area contributed by atoms with Crippen LogP contribution < -0.4 is 16.0 Å². The van der Waals surface area contributed by atoms with E-state index in [9.17, 15) is 9.59 Å². The van der Waals surface area contributed by atoms with Gasteiger partial charge in [0.05, 0.1) is 16.9 Å². The van der Waals surface area contributed by atoms with Crippen LogP contribution >= 0.6 is 11.6 Å². The normalized spacial score (nSPS) is 17.2. The fourth-order valence-corrected chi connectivity index (χ4v) is 5.25. The summed E-state index contributed by atoms with van der Waals surface area (Å²) in [6, 6.07) is 15.1. The third-order valence-electron chi connectivity index (χ3n) is 7.09. The predicted molar refractivity (Wildman–Crippen MR) is 164 cm³/mol. The molecule has 0 aliphatic heterocycles. The van der Waals surface area contributed by atoms with Crippen LogP contribution in [0.2, 0.25) is 5.02 Å². The lowest BCUT2D eigenvalue weighted by Gasteiger charge is -2.30. The van der Waals surface area contributed by atoms with Crippen molar-refractivity contribution in [2.24, 2.45) is 0 Å². The van der Waals surface area contributed by atoms with Crippen LogP contribution in [-0.4, -0.2) is 64.4 Å². The molecule has 4 aromatic rings. The molecule has 41 heavy (non-hydrogen) atoms. The van der Waals surface area contributed by atoms with Gasteiger partial charge in [0.2, 0.25) is 11.9 Å². The fourth-order valence-electron chi connectivity index (χ4n) is 5.06. The molecular formula is C31H34ClN7O2. The molecule has 0 bridgehead atoms. The molecule has 1 aliphatic carbocycles. The molecule has 10 heteroatoms. The maximum absolute atomic E-state index is 13.0. The average Bonchev–Trinajstić information content (AvgIpc) is 3.38. The minimum atomic E-state index is -0.206. The van der Waals surface area contributed by atoms with Crippen molar-refractivity contribution in [3.63, 3.8) is 0 Å². The van der Waals surface area contributed by atoms with E-state index in [1.54, 1.807) is 36.5 Å². The Morgan fingerprint density at radius 2 is 1.88 bits per heavy atom. The molecule has 0 spiro atoms. The molecule has 0 radical (unpaired) electrons. The highest BCUT2D eigenvalue weighted by Gasteiger charge is 2.25. The Morgan fingerprint density at radius 1 is 1.10 bits per heavy atom. The number of halogens is 1. The van der Waals surface area contributed by atoms with Gasteiger partial charge in [-0.1, -0.05) is 35.9 Å². The van der Waals surface area contributed by atoms with Crippen molar-refractivity contribution < 1.29 is 9.59 Å². The maximum atomic E-state index is 13.0. The lowest BCUT2D eigenvalue weighted by Crippen LogP contribution is -2.42. The number of amides is 2. The second-order valence-corrected chi connectivity index (χ2v) is 11.0. The number of para-hydroxylation sites is 1. The summed E-state index contributed by atoms with van der Waals surface area (Å²) in [6.07, 6.45) is 10.4. The van der Waals surface area contributed by atoms with Crippen molar-refractivity contribution in [2.75, 3.05) is 31.3 Å². The lowest BCUT2D eigenvalue weighted by atomic mass is 9.91. The first-order chi connectivity index (χ1) is 19.9. The molecule has 2 aromatic carbocycles. The van der Waals surface area contributed by atoms with E-state index in [0.717, 1.165) is 42.1 Å². The van der Waals surface area contributed by atoms with Crippen molar-refractivity contribution in [3.05, 3.63) is 83.7 Å². The molecule has 0 unspecified atom stereocenters. The second-order valence-electron chi connectivity index (χ2n) is 10.5. The average molecular weight is 572 g/mol. The molecular weight excluding hydrogens is 538 g/mol. The molecule has 9 nitrogen and oxygen atoms in total. The molecule has 212 valence electrons. The summed E-state index contributed by atoms with van der Waals surface area (Å²) < 4.78 is 0. The SMILES string of the molecule is CN(C)C/C=C/C(=O)Nc1ccc(C(=O)N[C@H]2CCC[C@H](Nc3ncc(Cl)c(-c4c[nH]c5ccccc45)n3)C2)cc1. The van der Waals surface area contributed by atoms with Crippen LogP contribution in [0.4, 0.5) is 11.6 Å². The monoisotopic (exact) mass is 571 g/mol. The van der Waals surface area contributed by atoms with Gasteiger partial charge in [0.1, 0.15) is 0 Å². The number of fused-ring (bicyclic) bond motifs is 1. The number of nitrogens with zero attached hydrogens (tertiary/aromatic N) is 3. The van der Waals surface area contributed by atoms with Crippen LogP contribution in [0.15, 0.2) is 73.1 Å². The number of aromatic amines is 1. The summed E-state index contributed by atoms with van der Waals surface area (Å²) in [5.74, 6) is 0.174. The number of hydrogen-bond acceptors (Lipinski definition) is 6. The predicted octanol–water partition coefficient (Wildman–Crippen LogP) is 5.49. The number of likely N-dealkylation sites (N-methyl/N-ethyl adjacent to an activating group) is 1. The number of aromatic nitrogens is 3. The molecule has 0 saturated heterocycles. The number of carbonyl (C=O) groups excluding carboxylic acids is 2. The number of anilines is 2. The summed E-state index contributed by atoms with van der Waals surface area (Å²) in [4.78, 5) is 39.4. The topological polar surface area (TPSA) is 115 Å². The van der Waals surface area contributed by atoms with Gasteiger partial charge in [-0.05, 0) is 70.1 Å². The molecule has 1 saturated carbocycles. The summed E-state index contributed by atoms with van der Waals surface area (Å²) in [6.45, 7) is 0.683.